The Morgan fingerprint density at radius 1 is 1.29 bits per heavy atom. The lowest BCUT2D eigenvalue weighted by Crippen LogP contribution is -2.17. The summed E-state index contributed by atoms with van der Waals surface area (Å²) >= 11 is 0. The Kier molecular flexibility index (Phi) is 3.98. The monoisotopic (exact) mass is 294 g/mol. The van der Waals surface area contributed by atoms with Crippen LogP contribution < -0.4 is 10.3 Å². The van der Waals surface area contributed by atoms with Crippen LogP contribution in [0, 0.1) is 11.3 Å². The van der Waals surface area contributed by atoms with Crippen LogP contribution in [-0.4, -0.2) is 11.3 Å². The molecule has 4 nitrogen and oxygen atoms in total. The maximum Gasteiger partial charge on any atom is 0.573 e. The van der Waals surface area contributed by atoms with Crippen LogP contribution >= 0.6 is 0 Å². The molecule has 2 rings (SSSR count). The van der Waals surface area contributed by atoms with Gasteiger partial charge >= 0.3 is 6.36 Å². The normalized spacial score (nSPS) is 11.0. The van der Waals surface area contributed by atoms with Gasteiger partial charge in [0, 0.05) is 22.9 Å². The highest BCUT2D eigenvalue weighted by molar-refractivity contribution is 5.70. The number of hydrogen-bond acceptors (Lipinski definition) is 3. The minimum absolute atomic E-state index is 0.133. The van der Waals surface area contributed by atoms with Gasteiger partial charge < -0.3 is 9.72 Å². The van der Waals surface area contributed by atoms with Gasteiger partial charge in [-0.3, -0.25) is 4.79 Å². The topological polar surface area (TPSA) is 65.9 Å². The molecule has 1 aromatic carbocycles. The molecule has 0 aliphatic carbocycles. The van der Waals surface area contributed by atoms with E-state index in [-0.39, 0.29) is 23.3 Å². The van der Waals surface area contributed by atoms with Gasteiger partial charge in [-0.15, -0.1) is 13.2 Å². The second-order valence-corrected chi connectivity index (χ2v) is 4.12. The summed E-state index contributed by atoms with van der Waals surface area (Å²) in [5.41, 5.74) is 0.233. The zero-order valence-corrected chi connectivity index (χ0v) is 10.6. The number of alkyl halides is 3. The molecule has 0 saturated heterocycles. The van der Waals surface area contributed by atoms with Crippen molar-refractivity contribution in [2.45, 2.75) is 12.8 Å². The van der Waals surface area contributed by atoms with E-state index in [1.54, 1.807) is 6.07 Å². The van der Waals surface area contributed by atoms with Crippen LogP contribution in [0.2, 0.25) is 0 Å². The van der Waals surface area contributed by atoms with E-state index in [0.717, 1.165) is 0 Å². The highest BCUT2D eigenvalue weighted by Crippen LogP contribution is 2.33. The fourth-order valence-corrected chi connectivity index (χ4v) is 1.82. The Balaban J connectivity index is 2.50. The van der Waals surface area contributed by atoms with E-state index >= 15 is 0 Å². The quantitative estimate of drug-likeness (QED) is 0.946. The van der Waals surface area contributed by atoms with Gasteiger partial charge in [-0.1, -0.05) is 18.2 Å². The molecule has 0 fully saturated rings. The standard InChI is InChI=1S/C14H9F3N2O2/c15-14(16,17)21-12-4-2-1-3-11(12)10-7-9(5-6-18)13(20)19-8-10/h1-4,7-8H,5H2,(H,19,20). The second-order valence-electron chi connectivity index (χ2n) is 4.12. The maximum atomic E-state index is 12.4. The molecule has 0 unspecified atom stereocenters. The van der Waals surface area contributed by atoms with Crippen molar-refractivity contribution in [3.05, 3.63) is 52.4 Å². The third-order valence-electron chi connectivity index (χ3n) is 2.67. The average molecular weight is 294 g/mol. The molecule has 0 spiro atoms. The number of para-hydroxylation sites is 1. The third-order valence-corrected chi connectivity index (χ3v) is 2.67. The highest BCUT2D eigenvalue weighted by atomic mass is 19.4. The largest absolute Gasteiger partial charge is 0.573 e. The predicted molar refractivity (Wildman–Crippen MR) is 68.5 cm³/mol. The molecule has 0 aliphatic rings. The van der Waals surface area contributed by atoms with Crippen LogP contribution in [0.5, 0.6) is 5.75 Å². The summed E-state index contributed by atoms with van der Waals surface area (Å²) in [4.78, 5) is 13.9. The van der Waals surface area contributed by atoms with Crippen LogP contribution in [0.15, 0.2) is 41.3 Å². The fraction of sp³-hybridized carbons (Fsp3) is 0.143. The fourth-order valence-electron chi connectivity index (χ4n) is 1.82. The first-order valence-corrected chi connectivity index (χ1v) is 5.84. The number of aromatic nitrogens is 1. The van der Waals surface area contributed by atoms with E-state index < -0.39 is 11.9 Å². The zero-order valence-electron chi connectivity index (χ0n) is 10.6. The van der Waals surface area contributed by atoms with E-state index in [1.807, 2.05) is 6.07 Å². The number of aromatic amines is 1. The Bertz CT molecular complexity index is 745. The van der Waals surface area contributed by atoms with Crippen LogP contribution in [0.3, 0.4) is 0 Å². The molecule has 7 heteroatoms. The molecular formula is C14H9F3N2O2. The third kappa shape index (κ3) is 3.63. The number of ether oxygens (including phenoxy) is 1. The minimum Gasteiger partial charge on any atom is -0.405 e. The van der Waals surface area contributed by atoms with Crippen LogP contribution in [0.4, 0.5) is 13.2 Å². The molecule has 1 heterocycles. The highest BCUT2D eigenvalue weighted by Gasteiger charge is 2.32. The van der Waals surface area contributed by atoms with Gasteiger partial charge in [-0.2, -0.15) is 5.26 Å². The van der Waals surface area contributed by atoms with Crippen molar-refractivity contribution in [3.63, 3.8) is 0 Å². The van der Waals surface area contributed by atoms with E-state index in [2.05, 4.69) is 9.72 Å². The summed E-state index contributed by atoms with van der Waals surface area (Å²) < 4.78 is 41.1. The summed E-state index contributed by atoms with van der Waals surface area (Å²) in [6, 6.07) is 8.77. The lowest BCUT2D eigenvalue weighted by Gasteiger charge is -2.13. The zero-order chi connectivity index (χ0) is 15.5. The molecule has 0 amide bonds. The molecule has 0 aliphatic heterocycles. The van der Waals surface area contributed by atoms with Gasteiger partial charge in [-0.25, -0.2) is 0 Å². The predicted octanol–water partition coefficient (Wildman–Crippen LogP) is 3.01. The van der Waals surface area contributed by atoms with Gasteiger partial charge in [0.25, 0.3) is 5.56 Å². The number of rotatable bonds is 3. The Morgan fingerprint density at radius 2 is 2.00 bits per heavy atom. The van der Waals surface area contributed by atoms with Crippen molar-refractivity contribution in [1.29, 1.82) is 5.26 Å². The van der Waals surface area contributed by atoms with Crippen LogP contribution in [0.1, 0.15) is 5.56 Å². The van der Waals surface area contributed by atoms with E-state index in [1.165, 1.54) is 30.5 Å². The number of H-pyrrole nitrogens is 1. The van der Waals surface area contributed by atoms with E-state index in [4.69, 9.17) is 5.26 Å². The number of hydrogen-bond donors (Lipinski definition) is 1. The van der Waals surface area contributed by atoms with Gasteiger partial charge in [0.05, 0.1) is 12.5 Å². The summed E-state index contributed by atoms with van der Waals surface area (Å²) in [6.07, 6.45) is -3.67. The number of halogens is 3. The molecule has 0 saturated carbocycles. The lowest BCUT2D eigenvalue weighted by atomic mass is 10.0. The SMILES string of the molecule is N#CCc1cc(-c2ccccc2OC(F)(F)F)c[nH]c1=O. The maximum absolute atomic E-state index is 12.4. The first-order valence-electron chi connectivity index (χ1n) is 5.84. The lowest BCUT2D eigenvalue weighted by molar-refractivity contribution is -0.274. The van der Waals surface area contributed by atoms with Gasteiger partial charge in [0.2, 0.25) is 0 Å². The minimum atomic E-state index is -4.81. The van der Waals surface area contributed by atoms with Crippen molar-refractivity contribution in [1.82, 2.24) is 4.98 Å². The molecule has 0 radical (unpaired) electrons. The summed E-state index contributed by atoms with van der Waals surface area (Å²) in [5.74, 6) is -0.375. The summed E-state index contributed by atoms with van der Waals surface area (Å²) in [5, 5.41) is 8.64. The van der Waals surface area contributed by atoms with Crippen molar-refractivity contribution in [2.75, 3.05) is 0 Å². The average Bonchev–Trinajstić information content (AvgIpc) is 2.40. The molecule has 108 valence electrons. The van der Waals surface area contributed by atoms with Gasteiger partial charge in [-0.05, 0) is 12.1 Å². The Labute approximate surface area is 117 Å². The van der Waals surface area contributed by atoms with Crippen LogP contribution in [0.25, 0.3) is 11.1 Å². The molecule has 0 bridgehead atoms. The molecule has 1 aromatic heterocycles. The molecule has 0 atom stereocenters. The molecule has 21 heavy (non-hydrogen) atoms. The van der Waals surface area contributed by atoms with Crippen molar-refractivity contribution in [3.8, 4) is 22.9 Å². The Hall–Kier alpha value is -2.75. The van der Waals surface area contributed by atoms with Gasteiger partial charge in [0.1, 0.15) is 5.75 Å². The first-order chi connectivity index (χ1) is 9.90. The van der Waals surface area contributed by atoms with Crippen molar-refractivity contribution >= 4 is 0 Å². The number of nitriles is 1. The number of nitrogens with one attached hydrogen (secondary N) is 1. The number of pyridine rings is 1. The molecular weight excluding hydrogens is 285 g/mol. The van der Waals surface area contributed by atoms with Gasteiger partial charge in [0.15, 0.2) is 0 Å². The summed E-state index contributed by atoms with van der Waals surface area (Å²) in [7, 11) is 0. The molecule has 2 aromatic rings. The van der Waals surface area contributed by atoms with Crippen molar-refractivity contribution < 1.29 is 17.9 Å². The van der Waals surface area contributed by atoms with E-state index in [0.29, 0.717) is 5.56 Å². The number of nitrogens with zero attached hydrogens (tertiary/aromatic N) is 1. The smallest absolute Gasteiger partial charge is 0.405 e. The first kappa shape index (κ1) is 14.7. The van der Waals surface area contributed by atoms with Crippen molar-refractivity contribution in [2.24, 2.45) is 0 Å². The Morgan fingerprint density at radius 3 is 2.67 bits per heavy atom. The number of benzene rings is 1. The summed E-state index contributed by atoms with van der Waals surface area (Å²) in [6.45, 7) is 0. The molecule has 1 N–H and O–H groups in total. The second kappa shape index (κ2) is 5.71. The van der Waals surface area contributed by atoms with Crippen LogP contribution in [-0.2, 0) is 6.42 Å². The van der Waals surface area contributed by atoms with E-state index in [9.17, 15) is 18.0 Å².